The Hall–Kier alpha value is -3.81. The summed E-state index contributed by atoms with van der Waals surface area (Å²) in [4.78, 5) is 38.7. The summed E-state index contributed by atoms with van der Waals surface area (Å²) < 4.78 is 13.5. The molecule has 3 atom stereocenters. The molecular weight excluding hydrogens is 457 g/mol. The molecule has 6 nitrogen and oxygen atoms in total. The summed E-state index contributed by atoms with van der Waals surface area (Å²) in [5.41, 5.74) is 2.28. The Balaban J connectivity index is 1.49. The molecule has 3 heterocycles. The molecule has 0 bridgehead atoms. The van der Waals surface area contributed by atoms with Crippen LogP contribution in [0.1, 0.15) is 11.6 Å². The van der Waals surface area contributed by atoms with E-state index in [9.17, 15) is 14.0 Å². The highest BCUT2D eigenvalue weighted by Crippen LogP contribution is 2.49. The predicted molar refractivity (Wildman–Crippen MR) is 126 cm³/mol. The van der Waals surface area contributed by atoms with Crippen LogP contribution in [0.2, 0.25) is 5.15 Å². The van der Waals surface area contributed by atoms with Crippen LogP contribution in [0, 0.1) is 11.7 Å². The zero-order valence-corrected chi connectivity index (χ0v) is 18.4. The fourth-order valence-electron chi connectivity index (χ4n) is 4.69. The van der Waals surface area contributed by atoms with Crippen LogP contribution in [-0.4, -0.2) is 22.9 Å². The van der Waals surface area contributed by atoms with Gasteiger partial charge in [0.1, 0.15) is 16.9 Å². The average Bonchev–Trinajstić information content (AvgIpc) is 3.36. The number of hydroxylamine groups is 1. The van der Waals surface area contributed by atoms with Crippen molar-refractivity contribution in [1.82, 2.24) is 4.98 Å². The van der Waals surface area contributed by atoms with Gasteiger partial charge in [0.25, 0.3) is 5.91 Å². The average molecular weight is 474 g/mol. The van der Waals surface area contributed by atoms with Crippen LogP contribution in [-0.2, 0) is 14.4 Å². The fourth-order valence-corrected chi connectivity index (χ4v) is 4.95. The quantitative estimate of drug-likeness (QED) is 0.307. The molecule has 0 spiro atoms. The second-order valence-electron chi connectivity index (χ2n) is 8.21. The highest BCUT2D eigenvalue weighted by atomic mass is 35.5. The van der Waals surface area contributed by atoms with E-state index in [1.807, 2.05) is 60.7 Å². The van der Waals surface area contributed by atoms with Gasteiger partial charge in [0, 0.05) is 10.9 Å². The number of carbonyl (C=O) groups is 2. The highest BCUT2D eigenvalue weighted by Gasteiger charge is 2.60. The number of carbonyl (C=O) groups excluding carboxylic acids is 2. The molecular formula is C26H17ClFN3O3. The molecule has 0 saturated carbocycles. The van der Waals surface area contributed by atoms with Gasteiger partial charge in [-0.15, -0.1) is 0 Å². The van der Waals surface area contributed by atoms with E-state index in [0.29, 0.717) is 16.9 Å². The number of fused-ring (bicyclic) bond motifs is 2. The van der Waals surface area contributed by atoms with Gasteiger partial charge < -0.3 is 0 Å². The Labute approximate surface area is 199 Å². The molecule has 2 saturated heterocycles. The van der Waals surface area contributed by atoms with Crippen molar-refractivity contribution in [2.75, 3.05) is 9.96 Å². The van der Waals surface area contributed by atoms with Gasteiger partial charge >= 0.3 is 0 Å². The first-order valence-electron chi connectivity index (χ1n) is 10.7. The number of pyridine rings is 1. The molecule has 0 aliphatic carbocycles. The maximum atomic E-state index is 13.7. The summed E-state index contributed by atoms with van der Waals surface area (Å²) in [5.74, 6) is -2.26. The Morgan fingerprint density at radius 1 is 0.853 bits per heavy atom. The van der Waals surface area contributed by atoms with Gasteiger partial charge in [-0.05, 0) is 48.5 Å². The number of halogens is 2. The van der Waals surface area contributed by atoms with Crippen LogP contribution in [0.5, 0.6) is 0 Å². The standard InChI is InChI=1S/C26H17ClFN3O3/c27-24-19(14-15-6-4-5-9-20(15)29-24)22-21-23(34-31(22)18-7-2-1-3-8-18)26(33)30(25(21)32)17-12-10-16(28)11-13-17/h1-14,21-23H/t21-,22+,23-/m1/s1. The lowest BCUT2D eigenvalue weighted by molar-refractivity contribution is -0.126. The largest absolute Gasteiger partial charge is 0.273 e. The van der Waals surface area contributed by atoms with E-state index in [4.69, 9.17) is 16.4 Å². The Kier molecular flexibility index (Phi) is 4.83. The lowest BCUT2D eigenvalue weighted by atomic mass is 9.90. The molecule has 6 rings (SSSR count). The smallest absolute Gasteiger partial charge is 0.266 e. The minimum atomic E-state index is -1.05. The highest BCUT2D eigenvalue weighted by molar-refractivity contribution is 6.31. The molecule has 4 aromatic rings. The zero-order valence-electron chi connectivity index (χ0n) is 17.6. The van der Waals surface area contributed by atoms with Crippen LogP contribution >= 0.6 is 11.6 Å². The number of hydrogen-bond acceptors (Lipinski definition) is 5. The van der Waals surface area contributed by atoms with Crippen molar-refractivity contribution in [2.45, 2.75) is 12.1 Å². The van der Waals surface area contributed by atoms with Crippen molar-refractivity contribution in [2.24, 2.45) is 5.92 Å². The summed E-state index contributed by atoms with van der Waals surface area (Å²) in [6.45, 7) is 0. The lowest BCUT2D eigenvalue weighted by Gasteiger charge is -2.29. The molecule has 0 unspecified atom stereocenters. The predicted octanol–water partition coefficient (Wildman–Crippen LogP) is 5.08. The minimum absolute atomic E-state index is 0.231. The molecule has 2 amide bonds. The minimum Gasteiger partial charge on any atom is -0.273 e. The van der Waals surface area contributed by atoms with Gasteiger partial charge in [0.15, 0.2) is 6.10 Å². The SMILES string of the molecule is O=C1[C@H]2[C@@H](ON(c3ccccc3)[C@H]2c2cc3ccccc3nc2Cl)C(=O)N1c1ccc(F)cc1. The van der Waals surface area contributed by atoms with Crippen LogP contribution in [0.25, 0.3) is 10.9 Å². The number of imide groups is 1. The van der Waals surface area contributed by atoms with Crippen LogP contribution in [0.3, 0.4) is 0 Å². The van der Waals surface area contributed by atoms with Crippen molar-refractivity contribution in [3.8, 4) is 0 Å². The van der Waals surface area contributed by atoms with Crippen molar-refractivity contribution in [1.29, 1.82) is 0 Å². The van der Waals surface area contributed by atoms with Gasteiger partial charge in [0.05, 0.1) is 22.9 Å². The topological polar surface area (TPSA) is 62.7 Å². The first kappa shape index (κ1) is 20.8. The van der Waals surface area contributed by atoms with Gasteiger partial charge in [0.2, 0.25) is 5.91 Å². The molecule has 2 aliphatic rings. The summed E-state index contributed by atoms with van der Waals surface area (Å²) in [6.07, 6.45) is -1.05. The van der Waals surface area contributed by atoms with Crippen molar-refractivity contribution >= 4 is 45.7 Å². The van der Waals surface area contributed by atoms with E-state index in [0.717, 1.165) is 15.8 Å². The molecule has 2 aliphatic heterocycles. The summed E-state index contributed by atoms with van der Waals surface area (Å²) in [5, 5.41) is 2.66. The molecule has 168 valence electrons. The Bertz CT molecular complexity index is 1430. The van der Waals surface area contributed by atoms with Crippen molar-refractivity contribution in [3.05, 3.63) is 101 Å². The molecule has 34 heavy (non-hydrogen) atoms. The number of rotatable bonds is 3. The monoisotopic (exact) mass is 473 g/mol. The first-order valence-corrected chi connectivity index (χ1v) is 11.1. The Morgan fingerprint density at radius 2 is 1.56 bits per heavy atom. The van der Waals surface area contributed by atoms with Gasteiger partial charge in [-0.25, -0.2) is 19.3 Å². The number of para-hydroxylation sites is 2. The number of nitrogens with zero attached hydrogens (tertiary/aromatic N) is 3. The molecule has 3 aromatic carbocycles. The van der Waals surface area contributed by atoms with Gasteiger partial charge in [-0.2, -0.15) is 0 Å². The fraction of sp³-hybridized carbons (Fsp3) is 0.115. The molecule has 0 N–H and O–H groups in total. The van der Waals surface area contributed by atoms with Crippen LogP contribution < -0.4 is 9.96 Å². The maximum Gasteiger partial charge on any atom is 0.266 e. The number of anilines is 2. The van der Waals surface area contributed by atoms with Crippen molar-refractivity contribution in [3.63, 3.8) is 0 Å². The maximum absolute atomic E-state index is 13.7. The molecule has 1 aromatic heterocycles. The summed E-state index contributed by atoms with van der Waals surface area (Å²) >= 11 is 6.64. The van der Waals surface area contributed by atoms with E-state index in [-0.39, 0.29) is 5.15 Å². The van der Waals surface area contributed by atoms with E-state index in [2.05, 4.69) is 4.98 Å². The molecule has 8 heteroatoms. The van der Waals surface area contributed by atoms with E-state index < -0.39 is 35.7 Å². The van der Waals surface area contributed by atoms with Gasteiger partial charge in [-0.3, -0.25) is 14.4 Å². The van der Waals surface area contributed by atoms with Gasteiger partial charge in [-0.1, -0.05) is 48.0 Å². The summed E-state index contributed by atoms with van der Waals surface area (Å²) in [7, 11) is 0. The number of aromatic nitrogens is 1. The van der Waals surface area contributed by atoms with E-state index in [1.54, 1.807) is 5.06 Å². The number of benzene rings is 3. The number of amides is 2. The third-order valence-electron chi connectivity index (χ3n) is 6.23. The third-order valence-corrected chi connectivity index (χ3v) is 6.54. The summed E-state index contributed by atoms with van der Waals surface area (Å²) in [6, 6.07) is 23.2. The van der Waals surface area contributed by atoms with E-state index >= 15 is 0 Å². The van der Waals surface area contributed by atoms with Crippen molar-refractivity contribution < 1.29 is 18.8 Å². The Morgan fingerprint density at radius 3 is 2.32 bits per heavy atom. The lowest BCUT2D eigenvalue weighted by Crippen LogP contribution is -2.37. The van der Waals surface area contributed by atoms with Crippen LogP contribution in [0.15, 0.2) is 84.9 Å². The second kappa shape index (κ2) is 7.90. The third kappa shape index (κ3) is 3.16. The normalized spacial score (nSPS) is 22.0. The second-order valence-corrected chi connectivity index (χ2v) is 8.57. The first-order chi connectivity index (χ1) is 16.5. The zero-order chi connectivity index (χ0) is 23.4. The molecule has 0 radical (unpaired) electrons. The van der Waals surface area contributed by atoms with Crippen LogP contribution in [0.4, 0.5) is 15.8 Å². The molecule has 2 fully saturated rings. The van der Waals surface area contributed by atoms with E-state index in [1.165, 1.54) is 24.3 Å². The number of hydrogen-bond donors (Lipinski definition) is 0.